The van der Waals surface area contributed by atoms with Crippen molar-refractivity contribution in [3.05, 3.63) is 17.2 Å². The van der Waals surface area contributed by atoms with Gasteiger partial charge in [0.1, 0.15) is 5.75 Å². The number of halogens is 1. The van der Waals surface area contributed by atoms with Gasteiger partial charge < -0.3 is 25.4 Å². The van der Waals surface area contributed by atoms with Crippen LogP contribution in [0, 0.1) is 5.92 Å². The van der Waals surface area contributed by atoms with Gasteiger partial charge in [0.2, 0.25) is 0 Å². The highest BCUT2D eigenvalue weighted by Crippen LogP contribution is 2.33. The van der Waals surface area contributed by atoms with Crippen molar-refractivity contribution in [1.82, 2.24) is 4.90 Å². The first-order valence-corrected chi connectivity index (χ1v) is 8.59. The Kier molecular flexibility index (Phi) is 6.43. The Hall–Kier alpha value is -1.82. The molecule has 0 bridgehead atoms. The summed E-state index contributed by atoms with van der Waals surface area (Å²) in [6.45, 7) is 5.83. The van der Waals surface area contributed by atoms with Gasteiger partial charge in [-0.1, -0.05) is 25.4 Å². The zero-order valence-electron chi connectivity index (χ0n) is 14.5. The van der Waals surface area contributed by atoms with Crippen LogP contribution in [0.15, 0.2) is 12.1 Å². The second-order valence-corrected chi connectivity index (χ2v) is 6.86. The Morgan fingerprint density at radius 3 is 2.67 bits per heavy atom. The van der Waals surface area contributed by atoms with Crippen LogP contribution in [0.1, 0.15) is 26.7 Å². The Balaban J connectivity index is 1.88. The van der Waals surface area contributed by atoms with Gasteiger partial charge in [-0.15, -0.1) is 0 Å². The number of carbonyl (C=O) groups excluding carboxylic acids is 1. The number of ether oxygens (including phenoxy) is 2. The summed E-state index contributed by atoms with van der Waals surface area (Å²) in [5.41, 5.74) is 7.40. The van der Waals surface area contributed by atoms with Gasteiger partial charge in [0, 0.05) is 25.2 Å². The van der Waals surface area contributed by atoms with E-state index in [2.05, 4.69) is 5.32 Å². The molecular formula is C17H26ClN3O3. The summed E-state index contributed by atoms with van der Waals surface area (Å²) in [7, 11) is 1.57. The van der Waals surface area contributed by atoms with E-state index in [9.17, 15) is 4.79 Å². The third kappa shape index (κ3) is 4.84. The minimum atomic E-state index is -0.227. The molecule has 24 heavy (non-hydrogen) atoms. The molecule has 0 spiro atoms. The van der Waals surface area contributed by atoms with E-state index in [1.807, 2.05) is 13.8 Å². The summed E-state index contributed by atoms with van der Waals surface area (Å²) < 4.78 is 10.5. The number of nitrogens with two attached hydrogens (primary N) is 1. The van der Waals surface area contributed by atoms with Gasteiger partial charge in [0.25, 0.3) is 0 Å². The smallest absolute Gasteiger partial charge is 0.409 e. The van der Waals surface area contributed by atoms with Crippen LogP contribution in [0.4, 0.5) is 16.2 Å². The number of rotatable bonds is 5. The Labute approximate surface area is 148 Å². The van der Waals surface area contributed by atoms with Crippen molar-refractivity contribution < 1.29 is 14.3 Å². The number of amides is 1. The number of benzene rings is 1. The highest BCUT2D eigenvalue weighted by molar-refractivity contribution is 6.32. The fourth-order valence-electron chi connectivity index (χ4n) is 2.61. The predicted octanol–water partition coefficient (Wildman–Crippen LogP) is 3.60. The summed E-state index contributed by atoms with van der Waals surface area (Å²) in [4.78, 5) is 13.7. The number of carbonyl (C=O) groups is 1. The van der Waals surface area contributed by atoms with Crippen LogP contribution in [-0.4, -0.2) is 43.8 Å². The number of methoxy groups -OCH3 is 1. The van der Waals surface area contributed by atoms with Crippen LogP contribution in [-0.2, 0) is 4.74 Å². The molecular weight excluding hydrogens is 330 g/mol. The fourth-order valence-corrected chi connectivity index (χ4v) is 2.86. The second kappa shape index (κ2) is 8.33. The monoisotopic (exact) mass is 355 g/mol. The molecule has 3 N–H and O–H groups in total. The van der Waals surface area contributed by atoms with E-state index >= 15 is 0 Å². The molecule has 1 aliphatic rings. The molecule has 0 saturated carbocycles. The highest BCUT2D eigenvalue weighted by Gasteiger charge is 2.24. The van der Waals surface area contributed by atoms with E-state index in [4.69, 9.17) is 26.8 Å². The van der Waals surface area contributed by atoms with Gasteiger partial charge in [-0.05, 0) is 24.8 Å². The quantitative estimate of drug-likeness (QED) is 0.789. The van der Waals surface area contributed by atoms with E-state index in [-0.39, 0.29) is 12.1 Å². The number of nitrogen functional groups attached to an aromatic ring is 1. The standard InChI is InChI=1S/C17H26ClN3O3/c1-11(2)10-24-17(22)21-6-4-12(5-7-21)20-15-9-16(23-3)13(18)8-14(15)19/h8-9,11-12,20H,4-7,10,19H2,1-3H3. The van der Waals surface area contributed by atoms with Crippen LogP contribution in [0.3, 0.4) is 0 Å². The second-order valence-electron chi connectivity index (χ2n) is 6.45. The van der Waals surface area contributed by atoms with Crippen molar-refractivity contribution in [3.63, 3.8) is 0 Å². The summed E-state index contributed by atoms with van der Waals surface area (Å²) in [5, 5.41) is 3.91. The first-order chi connectivity index (χ1) is 11.4. The van der Waals surface area contributed by atoms with Crippen molar-refractivity contribution in [2.24, 2.45) is 5.92 Å². The average molecular weight is 356 g/mol. The van der Waals surface area contributed by atoms with Crippen LogP contribution in [0.2, 0.25) is 5.02 Å². The molecule has 0 radical (unpaired) electrons. The van der Waals surface area contributed by atoms with Crippen molar-refractivity contribution in [3.8, 4) is 5.75 Å². The summed E-state index contributed by atoms with van der Waals surface area (Å²) >= 11 is 6.06. The molecule has 0 aliphatic carbocycles. The molecule has 0 unspecified atom stereocenters. The molecule has 1 aliphatic heterocycles. The van der Waals surface area contributed by atoms with E-state index in [0.717, 1.165) is 18.5 Å². The van der Waals surface area contributed by atoms with Crippen molar-refractivity contribution in [2.75, 3.05) is 37.9 Å². The van der Waals surface area contributed by atoms with Crippen LogP contribution < -0.4 is 15.8 Å². The molecule has 134 valence electrons. The number of nitrogens with one attached hydrogen (secondary N) is 1. The highest BCUT2D eigenvalue weighted by atomic mass is 35.5. The minimum absolute atomic E-state index is 0.227. The first-order valence-electron chi connectivity index (χ1n) is 8.22. The van der Waals surface area contributed by atoms with E-state index < -0.39 is 0 Å². The molecule has 1 amide bonds. The maximum Gasteiger partial charge on any atom is 0.409 e. The van der Waals surface area contributed by atoms with Crippen molar-refractivity contribution in [2.45, 2.75) is 32.7 Å². The third-order valence-corrected chi connectivity index (χ3v) is 4.27. The average Bonchev–Trinajstić information content (AvgIpc) is 2.55. The molecule has 2 rings (SSSR count). The lowest BCUT2D eigenvalue weighted by Gasteiger charge is -2.32. The van der Waals surface area contributed by atoms with Gasteiger partial charge in [-0.3, -0.25) is 0 Å². The zero-order valence-corrected chi connectivity index (χ0v) is 15.2. The van der Waals surface area contributed by atoms with Gasteiger partial charge in [-0.2, -0.15) is 0 Å². The number of nitrogens with zero attached hydrogens (tertiary/aromatic N) is 1. The maximum absolute atomic E-state index is 12.0. The molecule has 0 atom stereocenters. The Morgan fingerprint density at radius 2 is 2.08 bits per heavy atom. The Bertz CT molecular complexity index is 572. The third-order valence-electron chi connectivity index (χ3n) is 3.98. The van der Waals surface area contributed by atoms with Crippen LogP contribution in [0.25, 0.3) is 0 Å². The summed E-state index contributed by atoms with van der Waals surface area (Å²) in [6, 6.07) is 3.73. The normalized spacial score (nSPS) is 15.5. The molecule has 1 heterocycles. The van der Waals surface area contributed by atoms with Crippen molar-refractivity contribution in [1.29, 1.82) is 0 Å². The van der Waals surface area contributed by atoms with E-state index in [0.29, 0.717) is 42.1 Å². The number of hydrogen-bond donors (Lipinski definition) is 2. The van der Waals surface area contributed by atoms with Gasteiger partial charge in [0.05, 0.1) is 30.1 Å². The molecule has 6 nitrogen and oxygen atoms in total. The number of hydrogen-bond acceptors (Lipinski definition) is 5. The largest absolute Gasteiger partial charge is 0.495 e. The maximum atomic E-state index is 12.0. The van der Waals surface area contributed by atoms with Crippen LogP contribution >= 0.6 is 11.6 Å². The topological polar surface area (TPSA) is 76.8 Å². The molecule has 1 aromatic rings. The molecule has 7 heteroatoms. The molecule has 1 aromatic carbocycles. The lowest BCUT2D eigenvalue weighted by atomic mass is 10.0. The first kappa shape index (κ1) is 18.5. The summed E-state index contributed by atoms with van der Waals surface area (Å²) in [5.74, 6) is 0.930. The van der Waals surface area contributed by atoms with Gasteiger partial charge in [-0.25, -0.2) is 4.79 Å². The van der Waals surface area contributed by atoms with E-state index in [1.54, 1.807) is 24.1 Å². The van der Waals surface area contributed by atoms with Gasteiger partial charge in [0.15, 0.2) is 0 Å². The fraction of sp³-hybridized carbons (Fsp3) is 0.588. The van der Waals surface area contributed by atoms with Gasteiger partial charge >= 0.3 is 6.09 Å². The molecule has 1 saturated heterocycles. The van der Waals surface area contributed by atoms with E-state index in [1.165, 1.54) is 0 Å². The predicted molar refractivity (Wildman–Crippen MR) is 96.8 cm³/mol. The van der Waals surface area contributed by atoms with Crippen LogP contribution in [0.5, 0.6) is 5.75 Å². The number of anilines is 2. The Morgan fingerprint density at radius 1 is 1.42 bits per heavy atom. The number of piperidine rings is 1. The number of likely N-dealkylation sites (tertiary alicyclic amines) is 1. The SMILES string of the molecule is COc1cc(NC2CCN(C(=O)OCC(C)C)CC2)c(N)cc1Cl. The zero-order chi connectivity index (χ0) is 17.7. The molecule has 0 aromatic heterocycles. The van der Waals surface area contributed by atoms with Crippen molar-refractivity contribution >= 4 is 29.1 Å². The summed E-state index contributed by atoms with van der Waals surface area (Å²) in [6.07, 6.45) is 1.44. The minimum Gasteiger partial charge on any atom is -0.495 e. The lowest BCUT2D eigenvalue weighted by Crippen LogP contribution is -2.43. The molecule has 1 fully saturated rings. The lowest BCUT2D eigenvalue weighted by molar-refractivity contribution is 0.0845.